The lowest BCUT2D eigenvalue weighted by molar-refractivity contribution is 0.407. The number of hydrogen-bond donors (Lipinski definition) is 1. The minimum Gasteiger partial charge on any atom is -0.496 e. The molecule has 0 aromatic heterocycles. The third-order valence-electron chi connectivity index (χ3n) is 2.34. The summed E-state index contributed by atoms with van der Waals surface area (Å²) < 4.78 is 5.38. The normalized spacial score (nSPS) is 10.3. The topological polar surface area (TPSA) is 35.2 Å². The predicted molar refractivity (Wildman–Crippen MR) is 65.5 cm³/mol. The van der Waals surface area contributed by atoms with Crippen molar-refractivity contribution in [2.24, 2.45) is 0 Å². The predicted octanol–water partition coefficient (Wildman–Crippen LogP) is 2.04. The van der Waals surface area contributed by atoms with E-state index in [4.69, 9.17) is 10.5 Å². The minimum atomic E-state index is 0.847. The molecule has 0 saturated carbocycles. The summed E-state index contributed by atoms with van der Waals surface area (Å²) in [5.74, 6) is 0.940. The van der Waals surface area contributed by atoms with Gasteiger partial charge in [0.2, 0.25) is 0 Å². The Hall–Kier alpha value is -0.750. The first kappa shape index (κ1) is 11.3. The Morgan fingerprint density at radius 2 is 2.14 bits per heavy atom. The lowest BCUT2D eigenvalue weighted by Crippen LogP contribution is -2.09. The van der Waals surface area contributed by atoms with Crippen molar-refractivity contribution in [3.8, 4) is 5.75 Å². The summed E-state index contributed by atoms with van der Waals surface area (Å²) in [6, 6.07) is 2.04. The summed E-state index contributed by atoms with van der Waals surface area (Å²) in [6.07, 6.45) is 2.05. The monoisotopic (exact) mass is 211 g/mol. The Labute approximate surface area is 88.0 Å². The molecule has 0 spiro atoms. The van der Waals surface area contributed by atoms with E-state index in [1.807, 2.05) is 13.0 Å². The van der Waals surface area contributed by atoms with Crippen molar-refractivity contribution in [3.63, 3.8) is 0 Å². The van der Waals surface area contributed by atoms with E-state index in [2.05, 4.69) is 16.2 Å². The van der Waals surface area contributed by atoms with E-state index in [9.17, 15) is 0 Å². The molecule has 1 unspecified atom stereocenters. The number of hydrogen-bond acceptors (Lipinski definition) is 2. The van der Waals surface area contributed by atoms with Crippen molar-refractivity contribution in [1.82, 2.24) is 0 Å². The fourth-order valence-corrected chi connectivity index (χ4v) is 2.12. The number of rotatable bonds is 3. The molecule has 3 heteroatoms. The summed E-state index contributed by atoms with van der Waals surface area (Å²) in [6.45, 7) is 4.19. The molecular weight excluding hydrogens is 193 g/mol. The standard InChI is InChI=1S/C11H18NOP/c1-4-5-8-10(12)9(14)6-7(2)11(8)13-3/h6H,4-5,12,14H2,1-3H3. The van der Waals surface area contributed by atoms with E-state index in [1.54, 1.807) is 7.11 Å². The smallest absolute Gasteiger partial charge is 0.127 e. The quantitative estimate of drug-likeness (QED) is 0.613. The van der Waals surface area contributed by atoms with E-state index < -0.39 is 0 Å². The van der Waals surface area contributed by atoms with Crippen molar-refractivity contribution in [2.45, 2.75) is 26.7 Å². The zero-order valence-electron chi connectivity index (χ0n) is 9.05. The van der Waals surface area contributed by atoms with Gasteiger partial charge in [-0.25, -0.2) is 0 Å². The van der Waals surface area contributed by atoms with Crippen molar-refractivity contribution in [2.75, 3.05) is 12.8 Å². The van der Waals surface area contributed by atoms with Crippen LogP contribution < -0.4 is 15.8 Å². The van der Waals surface area contributed by atoms with E-state index in [-0.39, 0.29) is 0 Å². The number of benzene rings is 1. The Morgan fingerprint density at radius 3 is 2.64 bits per heavy atom. The first-order valence-electron chi connectivity index (χ1n) is 4.83. The Morgan fingerprint density at radius 1 is 1.50 bits per heavy atom. The average molecular weight is 211 g/mol. The van der Waals surface area contributed by atoms with E-state index in [1.165, 1.54) is 0 Å². The van der Waals surface area contributed by atoms with Gasteiger partial charge >= 0.3 is 0 Å². The van der Waals surface area contributed by atoms with Crippen LogP contribution in [0.2, 0.25) is 0 Å². The van der Waals surface area contributed by atoms with Gasteiger partial charge in [0, 0.05) is 11.3 Å². The molecule has 0 aliphatic carbocycles. The van der Waals surface area contributed by atoms with Crippen LogP contribution in [-0.2, 0) is 6.42 Å². The van der Waals surface area contributed by atoms with Gasteiger partial charge in [0.05, 0.1) is 7.11 Å². The molecule has 1 aromatic rings. The fraction of sp³-hybridized carbons (Fsp3) is 0.455. The van der Waals surface area contributed by atoms with Crippen LogP contribution in [0.1, 0.15) is 24.5 Å². The van der Waals surface area contributed by atoms with Crippen LogP contribution in [0.5, 0.6) is 5.75 Å². The second-order valence-electron chi connectivity index (χ2n) is 3.46. The molecule has 2 N–H and O–H groups in total. The van der Waals surface area contributed by atoms with Gasteiger partial charge in [0.25, 0.3) is 0 Å². The molecule has 1 atom stereocenters. The van der Waals surface area contributed by atoms with Crippen LogP contribution in [0.25, 0.3) is 0 Å². The molecule has 1 rings (SSSR count). The number of anilines is 1. The molecule has 0 saturated heterocycles. The lowest BCUT2D eigenvalue weighted by Gasteiger charge is -2.15. The molecule has 0 aliphatic heterocycles. The first-order valence-corrected chi connectivity index (χ1v) is 5.41. The molecule has 0 bridgehead atoms. The Bertz CT molecular complexity index is 337. The molecule has 0 heterocycles. The fourth-order valence-electron chi connectivity index (χ4n) is 1.69. The third-order valence-corrected chi connectivity index (χ3v) is 2.82. The molecule has 0 radical (unpaired) electrons. The molecule has 14 heavy (non-hydrogen) atoms. The van der Waals surface area contributed by atoms with Crippen LogP contribution in [0.15, 0.2) is 6.07 Å². The van der Waals surface area contributed by atoms with Gasteiger partial charge in [-0.15, -0.1) is 9.24 Å². The number of aryl methyl sites for hydroxylation is 1. The van der Waals surface area contributed by atoms with Gasteiger partial charge in [-0.05, 0) is 30.3 Å². The first-order chi connectivity index (χ1) is 6.61. The SMILES string of the molecule is CCCc1c(N)c(P)cc(C)c1OC. The Kier molecular flexibility index (Phi) is 3.77. The zero-order valence-corrected chi connectivity index (χ0v) is 10.2. The number of ether oxygens (including phenoxy) is 1. The number of nitrogens with two attached hydrogens (primary N) is 1. The largest absolute Gasteiger partial charge is 0.496 e. The summed E-state index contributed by atoms with van der Waals surface area (Å²) in [5, 5.41) is 1.06. The second kappa shape index (κ2) is 4.65. The van der Waals surface area contributed by atoms with Crippen LogP contribution >= 0.6 is 9.24 Å². The maximum Gasteiger partial charge on any atom is 0.127 e. The number of methoxy groups -OCH3 is 1. The van der Waals surface area contributed by atoms with E-state index >= 15 is 0 Å². The molecule has 0 amide bonds. The molecule has 2 nitrogen and oxygen atoms in total. The highest BCUT2D eigenvalue weighted by molar-refractivity contribution is 7.28. The van der Waals surface area contributed by atoms with Gasteiger partial charge < -0.3 is 10.5 Å². The second-order valence-corrected chi connectivity index (χ2v) is 4.08. The van der Waals surface area contributed by atoms with E-state index in [0.29, 0.717) is 0 Å². The molecule has 0 fully saturated rings. The summed E-state index contributed by atoms with van der Waals surface area (Å²) in [4.78, 5) is 0. The van der Waals surface area contributed by atoms with E-state index in [0.717, 1.165) is 40.7 Å². The van der Waals surface area contributed by atoms with Crippen LogP contribution in [0.3, 0.4) is 0 Å². The van der Waals surface area contributed by atoms with Gasteiger partial charge in [0.15, 0.2) is 0 Å². The summed E-state index contributed by atoms with van der Waals surface area (Å²) >= 11 is 0. The summed E-state index contributed by atoms with van der Waals surface area (Å²) in [7, 11) is 4.37. The van der Waals surface area contributed by atoms with Crippen LogP contribution in [-0.4, -0.2) is 7.11 Å². The Balaban J connectivity index is 3.32. The maximum atomic E-state index is 6.01. The highest BCUT2D eigenvalue weighted by atomic mass is 31.0. The van der Waals surface area contributed by atoms with Crippen molar-refractivity contribution in [3.05, 3.63) is 17.2 Å². The zero-order chi connectivity index (χ0) is 10.7. The van der Waals surface area contributed by atoms with Crippen LogP contribution in [0.4, 0.5) is 5.69 Å². The highest BCUT2D eigenvalue weighted by Gasteiger charge is 2.11. The lowest BCUT2D eigenvalue weighted by atomic mass is 10.0. The molecule has 1 aromatic carbocycles. The molecule has 0 aliphatic rings. The van der Waals surface area contributed by atoms with Crippen molar-refractivity contribution >= 4 is 20.2 Å². The summed E-state index contributed by atoms with van der Waals surface area (Å²) in [5.41, 5.74) is 9.15. The van der Waals surface area contributed by atoms with Crippen LogP contribution in [0, 0.1) is 6.92 Å². The minimum absolute atomic E-state index is 0.847. The average Bonchev–Trinajstić information content (AvgIpc) is 2.14. The molecular formula is C11H18NOP. The molecule has 78 valence electrons. The maximum absolute atomic E-state index is 6.01. The third kappa shape index (κ3) is 2.01. The highest BCUT2D eigenvalue weighted by Crippen LogP contribution is 2.29. The van der Waals surface area contributed by atoms with Gasteiger partial charge in [-0.2, -0.15) is 0 Å². The number of nitrogen functional groups attached to an aromatic ring is 1. The van der Waals surface area contributed by atoms with Gasteiger partial charge in [-0.1, -0.05) is 13.3 Å². The van der Waals surface area contributed by atoms with Crippen molar-refractivity contribution in [1.29, 1.82) is 0 Å². The van der Waals surface area contributed by atoms with Gasteiger partial charge in [0.1, 0.15) is 5.75 Å². The van der Waals surface area contributed by atoms with Gasteiger partial charge in [-0.3, -0.25) is 0 Å². The van der Waals surface area contributed by atoms with Crippen molar-refractivity contribution < 1.29 is 4.74 Å².